The van der Waals surface area contributed by atoms with E-state index >= 15 is 0 Å². The number of nitrogens with zero attached hydrogens (tertiary/aromatic N) is 2. The van der Waals surface area contributed by atoms with E-state index in [1.807, 2.05) is 43.3 Å². The van der Waals surface area contributed by atoms with Crippen molar-refractivity contribution in [1.29, 1.82) is 0 Å². The van der Waals surface area contributed by atoms with Gasteiger partial charge in [0.1, 0.15) is 0 Å². The van der Waals surface area contributed by atoms with Gasteiger partial charge in [-0.15, -0.1) is 0 Å². The summed E-state index contributed by atoms with van der Waals surface area (Å²) in [7, 11) is 0. The minimum Gasteiger partial charge on any atom is -0.324 e. The van der Waals surface area contributed by atoms with E-state index in [-0.39, 0.29) is 5.91 Å². The van der Waals surface area contributed by atoms with Crippen LogP contribution in [0.3, 0.4) is 0 Å². The number of carbonyl (C=O) groups excluding carboxylic acids is 1. The molecule has 0 saturated heterocycles. The Kier molecular flexibility index (Phi) is 5.27. The first-order valence-electron chi connectivity index (χ1n) is 8.62. The minimum absolute atomic E-state index is 0.219. The highest BCUT2D eigenvalue weighted by Crippen LogP contribution is 2.20. The SMILES string of the molecule is CCc1ccccc1NC(=O)c1cnc(Nc2ccc(C)cc2C)nc1. The lowest BCUT2D eigenvalue weighted by Crippen LogP contribution is -2.14. The first-order chi connectivity index (χ1) is 12.6. The van der Waals surface area contributed by atoms with Crippen LogP contribution in [-0.4, -0.2) is 15.9 Å². The second-order valence-corrected chi connectivity index (χ2v) is 6.20. The number of aromatic nitrogens is 2. The third-order valence-electron chi connectivity index (χ3n) is 4.19. The van der Waals surface area contributed by atoms with Crippen LogP contribution < -0.4 is 10.6 Å². The van der Waals surface area contributed by atoms with Crippen LogP contribution in [0.2, 0.25) is 0 Å². The highest BCUT2D eigenvalue weighted by Gasteiger charge is 2.10. The second kappa shape index (κ2) is 7.78. The molecule has 1 aromatic heterocycles. The highest BCUT2D eigenvalue weighted by atomic mass is 16.1. The van der Waals surface area contributed by atoms with Crippen molar-refractivity contribution in [3.8, 4) is 0 Å². The van der Waals surface area contributed by atoms with E-state index in [0.29, 0.717) is 11.5 Å². The van der Waals surface area contributed by atoms with Gasteiger partial charge in [0.25, 0.3) is 5.91 Å². The molecule has 0 fully saturated rings. The van der Waals surface area contributed by atoms with Crippen molar-refractivity contribution in [1.82, 2.24) is 9.97 Å². The lowest BCUT2D eigenvalue weighted by atomic mass is 10.1. The zero-order valence-corrected chi connectivity index (χ0v) is 15.2. The van der Waals surface area contributed by atoms with Crippen molar-refractivity contribution in [2.45, 2.75) is 27.2 Å². The molecular weight excluding hydrogens is 324 g/mol. The van der Waals surface area contributed by atoms with Crippen LogP contribution in [0, 0.1) is 13.8 Å². The number of anilines is 3. The van der Waals surface area contributed by atoms with Crippen molar-refractivity contribution in [2.24, 2.45) is 0 Å². The molecule has 2 aromatic carbocycles. The van der Waals surface area contributed by atoms with E-state index in [1.165, 1.54) is 18.0 Å². The van der Waals surface area contributed by atoms with Gasteiger partial charge in [-0.3, -0.25) is 4.79 Å². The zero-order valence-electron chi connectivity index (χ0n) is 15.2. The van der Waals surface area contributed by atoms with Crippen LogP contribution in [0.15, 0.2) is 54.9 Å². The standard InChI is InChI=1S/C21H22N4O/c1-4-16-7-5-6-8-19(16)24-20(26)17-12-22-21(23-13-17)25-18-10-9-14(2)11-15(18)3/h5-13H,4H2,1-3H3,(H,24,26)(H,22,23,25). The van der Waals surface area contributed by atoms with Gasteiger partial charge in [0.05, 0.1) is 5.56 Å². The summed E-state index contributed by atoms with van der Waals surface area (Å²) < 4.78 is 0. The molecule has 0 bridgehead atoms. The maximum atomic E-state index is 12.4. The fourth-order valence-electron chi connectivity index (χ4n) is 2.73. The smallest absolute Gasteiger partial charge is 0.258 e. The van der Waals surface area contributed by atoms with Gasteiger partial charge in [-0.1, -0.05) is 42.8 Å². The predicted molar refractivity (Wildman–Crippen MR) is 105 cm³/mol. The molecule has 3 rings (SSSR count). The monoisotopic (exact) mass is 346 g/mol. The Morgan fingerprint density at radius 3 is 2.42 bits per heavy atom. The van der Waals surface area contributed by atoms with Crippen LogP contribution >= 0.6 is 0 Å². The molecule has 5 nitrogen and oxygen atoms in total. The average Bonchev–Trinajstić information content (AvgIpc) is 2.65. The Bertz CT molecular complexity index is 920. The number of carbonyl (C=O) groups is 1. The molecule has 0 aliphatic heterocycles. The molecule has 1 amide bonds. The van der Waals surface area contributed by atoms with Gasteiger partial charge < -0.3 is 10.6 Å². The highest BCUT2D eigenvalue weighted by molar-refractivity contribution is 6.04. The van der Waals surface area contributed by atoms with Gasteiger partial charge >= 0.3 is 0 Å². The average molecular weight is 346 g/mol. The number of rotatable bonds is 5. The fraction of sp³-hybridized carbons (Fsp3) is 0.190. The van der Waals surface area contributed by atoms with Crippen LogP contribution in [-0.2, 0) is 6.42 Å². The van der Waals surface area contributed by atoms with Gasteiger partial charge in [-0.2, -0.15) is 0 Å². The first-order valence-corrected chi connectivity index (χ1v) is 8.62. The quantitative estimate of drug-likeness (QED) is 0.705. The summed E-state index contributed by atoms with van der Waals surface area (Å²) in [5.74, 6) is 0.242. The van der Waals surface area contributed by atoms with Crippen molar-refractivity contribution in [3.05, 3.63) is 77.1 Å². The Balaban J connectivity index is 1.71. The fourth-order valence-corrected chi connectivity index (χ4v) is 2.73. The second-order valence-electron chi connectivity index (χ2n) is 6.20. The lowest BCUT2D eigenvalue weighted by molar-refractivity contribution is 0.102. The van der Waals surface area contributed by atoms with Gasteiger partial charge in [0, 0.05) is 23.8 Å². The van der Waals surface area contributed by atoms with E-state index in [4.69, 9.17) is 0 Å². The molecule has 0 atom stereocenters. The summed E-state index contributed by atoms with van der Waals surface area (Å²) in [4.78, 5) is 21.0. The molecule has 0 radical (unpaired) electrons. The summed E-state index contributed by atoms with van der Waals surface area (Å²) in [6.07, 6.45) is 3.91. The van der Waals surface area contributed by atoms with Crippen LogP contribution in [0.4, 0.5) is 17.3 Å². The summed E-state index contributed by atoms with van der Waals surface area (Å²) >= 11 is 0. The molecular formula is C21H22N4O. The molecule has 132 valence electrons. The number of hydrogen-bond donors (Lipinski definition) is 2. The van der Waals surface area contributed by atoms with Crippen LogP contribution in [0.25, 0.3) is 0 Å². The van der Waals surface area contributed by atoms with Gasteiger partial charge in [0.15, 0.2) is 0 Å². The Morgan fingerprint density at radius 2 is 1.73 bits per heavy atom. The molecule has 1 heterocycles. The number of hydrogen-bond acceptors (Lipinski definition) is 4. The summed E-state index contributed by atoms with van der Waals surface area (Å²) in [6, 6.07) is 13.9. The third kappa shape index (κ3) is 4.06. The predicted octanol–water partition coefficient (Wildman–Crippen LogP) is 4.65. The van der Waals surface area contributed by atoms with Crippen LogP contribution in [0.1, 0.15) is 34.0 Å². The third-order valence-corrected chi connectivity index (χ3v) is 4.19. The maximum absolute atomic E-state index is 12.4. The first kappa shape index (κ1) is 17.6. The molecule has 0 saturated carbocycles. The van der Waals surface area contributed by atoms with Gasteiger partial charge in [-0.05, 0) is 43.5 Å². The molecule has 26 heavy (non-hydrogen) atoms. The normalized spacial score (nSPS) is 10.4. The summed E-state index contributed by atoms with van der Waals surface area (Å²) in [5, 5.41) is 6.10. The number of para-hydroxylation sites is 1. The van der Waals surface area contributed by atoms with Crippen molar-refractivity contribution in [3.63, 3.8) is 0 Å². The zero-order chi connectivity index (χ0) is 18.5. The topological polar surface area (TPSA) is 66.9 Å². The van der Waals surface area contributed by atoms with Crippen molar-refractivity contribution < 1.29 is 4.79 Å². The molecule has 5 heteroatoms. The molecule has 2 N–H and O–H groups in total. The maximum Gasteiger partial charge on any atom is 0.258 e. The van der Waals surface area contributed by atoms with E-state index in [1.54, 1.807) is 0 Å². The van der Waals surface area contributed by atoms with Gasteiger partial charge in [-0.25, -0.2) is 9.97 Å². The molecule has 0 aliphatic rings. The molecule has 0 spiro atoms. The Labute approximate surface area is 153 Å². The van der Waals surface area contributed by atoms with E-state index in [2.05, 4.69) is 40.5 Å². The number of amides is 1. The minimum atomic E-state index is -0.219. The molecule has 3 aromatic rings. The van der Waals surface area contributed by atoms with Gasteiger partial charge in [0.2, 0.25) is 5.95 Å². The summed E-state index contributed by atoms with van der Waals surface area (Å²) in [6.45, 7) is 6.14. The number of benzene rings is 2. The summed E-state index contributed by atoms with van der Waals surface area (Å²) in [5.41, 5.74) is 5.60. The van der Waals surface area contributed by atoms with E-state index in [0.717, 1.165) is 28.9 Å². The number of nitrogens with one attached hydrogen (secondary N) is 2. The van der Waals surface area contributed by atoms with Crippen molar-refractivity contribution >= 4 is 23.2 Å². The lowest BCUT2D eigenvalue weighted by Gasteiger charge is -2.11. The molecule has 0 unspecified atom stereocenters. The van der Waals surface area contributed by atoms with Crippen LogP contribution in [0.5, 0.6) is 0 Å². The largest absolute Gasteiger partial charge is 0.324 e. The van der Waals surface area contributed by atoms with E-state index in [9.17, 15) is 4.79 Å². The van der Waals surface area contributed by atoms with E-state index < -0.39 is 0 Å². The van der Waals surface area contributed by atoms with Crippen molar-refractivity contribution in [2.75, 3.05) is 10.6 Å². The number of aryl methyl sites for hydroxylation is 3. The Morgan fingerprint density at radius 1 is 1.00 bits per heavy atom. The Hall–Kier alpha value is -3.21. The molecule has 0 aliphatic carbocycles.